The molecule has 1 aliphatic heterocycles. The maximum atomic E-state index is 5.89. The van der Waals surface area contributed by atoms with Crippen LogP contribution in [0.4, 0.5) is 0 Å². The Bertz CT molecular complexity index is 561. The highest BCUT2D eigenvalue weighted by atomic mass is 35.5. The van der Waals surface area contributed by atoms with Crippen LogP contribution in [0.3, 0.4) is 0 Å². The first-order valence-electron chi connectivity index (χ1n) is 5.63. The second-order valence-electron chi connectivity index (χ2n) is 3.94. The number of benzene rings is 1. The molecular weight excluding hydrogens is 268 g/mol. The lowest BCUT2D eigenvalue weighted by molar-refractivity contribution is 0.235. The molecule has 2 aliphatic rings. The summed E-state index contributed by atoms with van der Waals surface area (Å²) >= 11 is 7.60. The topological polar surface area (TPSA) is 18.5 Å². The summed E-state index contributed by atoms with van der Waals surface area (Å²) in [4.78, 5) is 1.27. The number of hydrogen-bond acceptors (Lipinski definition) is 3. The molecule has 0 bridgehead atoms. The average Bonchev–Trinajstić information content (AvgIpc) is 2.84. The number of halogens is 1. The van der Waals surface area contributed by atoms with Gasteiger partial charge < -0.3 is 9.47 Å². The number of ether oxygens (including phenoxy) is 2. The molecular formula is C14H11ClO2S. The Morgan fingerprint density at radius 3 is 3.22 bits per heavy atom. The molecule has 1 heterocycles. The van der Waals surface area contributed by atoms with Gasteiger partial charge >= 0.3 is 0 Å². The third-order valence-corrected chi connectivity index (χ3v) is 3.87. The molecule has 0 radical (unpaired) electrons. The van der Waals surface area contributed by atoms with Gasteiger partial charge in [-0.1, -0.05) is 35.5 Å². The Kier molecular flexibility index (Phi) is 3.35. The molecule has 0 saturated heterocycles. The normalized spacial score (nSPS) is 17.3. The largest absolute Gasteiger partial charge is 0.486 e. The molecule has 0 spiro atoms. The van der Waals surface area contributed by atoms with Crippen LogP contribution in [0, 0.1) is 0 Å². The lowest BCUT2D eigenvalue weighted by Crippen LogP contribution is -2.06. The van der Waals surface area contributed by atoms with Crippen LogP contribution in [-0.4, -0.2) is 6.61 Å². The standard InChI is InChI=1S/C14H11ClO2S/c15-10-3-1-4-11(7-10)16-8-12-9-18-14-6-2-5-13(14)17-12/h1-5,7,9H,6,8H2. The van der Waals surface area contributed by atoms with Gasteiger partial charge in [-0.15, -0.1) is 0 Å². The van der Waals surface area contributed by atoms with Crippen molar-refractivity contribution in [1.29, 1.82) is 0 Å². The summed E-state index contributed by atoms with van der Waals surface area (Å²) < 4.78 is 11.4. The van der Waals surface area contributed by atoms with Gasteiger partial charge in [-0.2, -0.15) is 0 Å². The lowest BCUT2D eigenvalue weighted by Gasteiger charge is -2.16. The van der Waals surface area contributed by atoms with E-state index < -0.39 is 0 Å². The van der Waals surface area contributed by atoms with Crippen molar-refractivity contribution in [3.63, 3.8) is 0 Å². The Hall–Kier alpha value is -1.32. The molecule has 18 heavy (non-hydrogen) atoms. The Labute approximate surface area is 115 Å². The fourth-order valence-electron chi connectivity index (χ4n) is 1.74. The van der Waals surface area contributed by atoms with Crippen LogP contribution in [0.25, 0.3) is 0 Å². The molecule has 0 N–H and O–H groups in total. The molecule has 1 aromatic rings. The summed E-state index contributed by atoms with van der Waals surface area (Å²) in [5.74, 6) is 2.52. The van der Waals surface area contributed by atoms with Crippen LogP contribution in [0.5, 0.6) is 5.75 Å². The van der Waals surface area contributed by atoms with Gasteiger partial charge in [0.25, 0.3) is 0 Å². The van der Waals surface area contributed by atoms with Gasteiger partial charge in [0.2, 0.25) is 0 Å². The molecule has 0 unspecified atom stereocenters. The Morgan fingerprint density at radius 2 is 2.33 bits per heavy atom. The van der Waals surface area contributed by atoms with E-state index in [1.807, 2.05) is 29.7 Å². The van der Waals surface area contributed by atoms with E-state index in [0.717, 1.165) is 23.7 Å². The molecule has 0 fully saturated rings. The number of thioether (sulfide) groups is 1. The number of allylic oxidation sites excluding steroid dienone is 3. The summed E-state index contributed by atoms with van der Waals surface area (Å²) in [6.07, 6.45) is 5.08. The fraction of sp³-hybridized carbons (Fsp3) is 0.143. The minimum absolute atomic E-state index is 0.415. The molecule has 0 aromatic heterocycles. The SMILES string of the molecule is Clc1cccc(OCC2=CSC3=C(C=CC3)O2)c1. The number of rotatable bonds is 3. The number of hydrogen-bond donors (Lipinski definition) is 0. The second-order valence-corrected chi connectivity index (χ2v) is 5.34. The molecule has 3 rings (SSSR count). The van der Waals surface area contributed by atoms with Crippen LogP contribution in [0.1, 0.15) is 6.42 Å². The lowest BCUT2D eigenvalue weighted by atomic mass is 10.3. The second kappa shape index (κ2) is 5.12. The maximum Gasteiger partial charge on any atom is 0.148 e. The minimum atomic E-state index is 0.415. The molecule has 1 aromatic carbocycles. The van der Waals surface area contributed by atoms with Crippen molar-refractivity contribution >= 4 is 23.4 Å². The van der Waals surface area contributed by atoms with Crippen LogP contribution < -0.4 is 4.74 Å². The Balaban J connectivity index is 1.60. The van der Waals surface area contributed by atoms with Gasteiger partial charge in [0.15, 0.2) is 0 Å². The summed E-state index contributed by atoms with van der Waals surface area (Å²) in [6.45, 7) is 0.415. The molecule has 0 amide bonds. The van der Waals surface area contributed by atoms with Crippen molar-refractivity contribution in [3.05, 3.63) is 63.3 Å². The molecule has 2 nitrogen and oxygen atoms in total. The van der Waals surface area contributed by atoms with Crippen molar-refractivity contribution in [2.75, 3.05) is 6.61 Å². The third-order valence-electron chi connectivity index (χ3n) is 2.60. The van der Waals surface area contributed by atoms with Gasteiger partial charge in [-0.25, -0.2) is 0 Å². The van der Waals surface area contributed by atoms with Crippen LogP contribution in [-0.2, 0) is 4.74 Å². The molecule has 0 atom stereocenters. The van der Waals surface area contributed by atoms with E-state index in [0.29, 0.717) is 11.6 Å². The first-order chi connectivity index (χ1) is 8.81. The van der Waals surface area contributed by atoms with Gasteiger partial charge in [0, 0.05) is 21.8 Å². The van der Waals surface area contributed by atoms with Crippen LogP contribution in [0.15, 0.2) is 58.2 Å². The average molecular weight is 279 g/mol. The first-order valence-corrected chi connectivity index (χ1v) is 6.88. The zero-order valence-corrected chi connectivity index (χ0v) is 11.1. The summed E-state index contributed by atoms with van der Waals surface area (Å²) in [6, 6.07) is 7.35. The van der Waals surface area contributed by atoms with E-state index >= 15 is 0 Å². The van der Waals surface area contributed by atoms with E-state index in [1.54, 1.807) is 17.8 Å². The maximum absolute atomic E-state index is 5.89. The van der Waals surface area contributed by atoms with Crippen LogP contribution >= 0.6 is 23.4 Å². The van der Waals surface area contributed by atoms with Crippen LogP contribution in [0.2, 0.25) is 5.02 Å². The summed E-state index contributed by atoms with van der Waals surface area (Å²) in [7, 11) is 0. The molecule has 4 heteroatoms. The van der Waals surface area contributed by atoms with Crippen molar-refractivity contribution in [2.24, 2.45) is 0 Å². The highest BCUT2D eigenvalue weighted by Gasteiger charge is 2.17. The molecule has 92 valence electrons. The third kappa shape index (κ3) is 2.57. The van der Waals surface area contributed by atoms with E-state index in [4.69, 9.17) is 21.1 Å². The van der Waals surface area contributed by atoms with Gasteiger partial charge in [0.1, 0.15) is 23.9 Å². The van der Waals surface area contributed by atoms with Gasteiger partial charge in [0.05, 0.1) is 0 Å². The predicted octanol–water partition coefficient (Wildman–Crippen LogP) is 4.50. The Morgan fingerprint density at radius 1 is 1.39 bits per heavy atom. The van der Waals surface area contributed by atoms with E-state index in [2.05, 4.69) is 6.08 Å². The minimum Gasteiger partial charge on any atom is -0.486 e. The van der Waals surface area contributed by atoms with Crippen molar-refractivity contribution < 1.29 is 9.47 Å². The zero-order valence-electron chi connectivity index (χ0n) is 9.56. The van der Waals surface area contributed by atoms with Gasteiger partial charge in [-0.3, -0.25) is 0 Å². The quantitative estimate of drug-likeness (QED) is 0.811. The fourth-order valence-corrected chi connectivity index (χ4v) is 2.73. The monoisotopic (exact) mass is 278 g/mol. The molecule has 1 aliphatic carbocycles. The van der Waals surface area contributed by atoms with E-state index in [9.17, 15) is 0 Å². The van der Waals surface area contributed by atoms with Crippen molar-refractivity contribution in [1.82, 2.24) is 0 Å². The van der Waals surface area contributed by atoms with E-state index in [1.165, 1.54) is 4.91 Å². The highest BCUT2D eigenvalue weighted by molar-refractivity contribution is 8.05. The van der Waals surface area contributed by atoms with Crippen molar-refractivity contribution in [3.8, 4) is 5.75 Å². The zero-order chi connectivity index (χ0) is 12.4. The van der Waals surface area contributed by atoms with E-state index in [-0.39, 0.29) is 0 Å². The summed E-state index contributed by atoms with van der Waals surface area (Å²) in [5.41, 5.74) is 0. The van der Waals surface area contributed by atoms with Crippen molar-refractivity contribution in [2.45, 2.75) is 6.42 Å². The highest BCUT2D eigenvalue weighted by Crippen LogP contribution is 2.37. The van der Waals surface area contributed by atoms with Gasteiger partial charge in [-0.05, 0) is 24.3 Å². The predicted molar refractivity (Wildman–Crippen MR) is 74.5 cm³/mol. The molecule has 0 saturated carbocycles. The first kappa shape index (κ1) is 11.8. The smallest absolute Gasteiger partial charge is 0.148 e. The summed E-state index contributed by atoms with van der Waals surface area (Å²) in [5, 5.41) is 2.67.